The minimum absolute atomic E-state index is 0.556. The van der Waals surface area contributed by atoms with Crippen LogP contribution in [0.25, 0.3) is 222 Å². The number of para-hydroxylation sites is 8. The summed E-state index contributed by atoms with van der Waals surface area (Å²) in [5.41, 5.74) is 20.6. The summed E-state index contributed by atoms with van der Waals surface area (Å²) in [6.45, 7) is 0. The van der Waals surface area contributed by atoms with Gasteiger partial charge in [0.1, 0.15) is 44.7 Å². The van der Waals surface area contributed by atoms with E-state index in [-0.39, 0.29) is 0 Å². The zero-order chi connectivity index (χ0) is 70.9. The number of rotatable bonds is 9. The number of benzene rings is 15. The lowest BCUT2D eigenvalue weighted by atomic mass is 10.0. The first kappa shape index (κ1) is 60.7. The number of furan rings is 4. The summed E-state index contributed by atoms with van der Waals surface area (Å²) in [6, 6.07) is 117. The van der Waals surface area contributed by atoms with Crippen molar-refractivity contribution in [2.75, 3.05) is 0 Å². The average molecular weight is 1390 g/mol. The van der Waals surface area contributed by atoms with Crippen LogP contribution in [-0.2, 0) is 0 Å². The van der Waals surface area contributed by atoms with Crippen LogP contribution in [0, 0.1) is 0 Å². The van der Waals surface area contributed by atoms with Gasteiger partial charge in [0, 0.05) is 109 Å². The van der Waals surface area contributed by atoms with Gasteiger partial charge in [-0.2, -0.15) is 0 Å². The van der Waals surface area contributed by atoms with Gasteiger partial charge in [0.2, 0.25) is 0 Å². The molecule has 0 unspecified atom stereocenters. The molecule has 15 aromatic carbocycles. The van der Waals surface area contributed by atoms with Crippen LogP contribution in [0.2, 0.25) is 0 Å². The van der Waals surface area contributed by atoms with Crippen LogP contribution >= 0.6 is 0 Å². The summed E-state index contributed by atoms with van der Waals surface area (Å²) in [6.07, 6.45) is 0. The molecule has 0 radical (unpaired) electrons. The van der Waals surface area contributed by atoms with Crippen molar-refractivity contribution < 1.29 is 17.7 Å². The van der Waals surface area contributed by atoms with Gasteiger partial charge in [0.05, 0.1) is 22.1 Å². The summed E-state index contributed by atoms with van der Waals surface area (Å²) >= 11 is 0. The highest BCUT2D eigenvalue weighted by Gasteiger charge is 2.22. The van der Waals surface area contributed by atoms with Crippen LogP contribution in [0.5, 0.6) is 0 Å². The number of hydrogen-bond donors (Lipinski definition) is 0. The van der Waals surface area contributed by atoms with Crippen molar-refractivity contribution in [3.05, 3.63) is 340 Å². The first-order chi connectivity index (χ1) is 53.5. The molecular formula is C96H56N8O4. The topological polar surface area (TPSA) is 140 Å². The molecule has 0 aliphatic carbocycles. The molecule has 0 aliphatic rings. The maximum Gasteiger partial charge on any atom is 0.164 e. The van der Waals surface area contributed by atoms with Crippen LogP contribution in [0.3, 0.4) is 0 Å². The van der Waals surface area contributed by atoms with Crippen LogP contribution in [0.15, 0.2) is 357 Å². The molecule has 12 heteroatoms. The summed E-state index contributed by atoms with van der Waals surface area (Å²) in [7, 11) is 0. The lowest BCUT2D eigenvalue weighted by molar-refractivity contribution is 0.668. The van der Waals surface area contributed by atoms with Gasteiger partial charge in [-0.1, -0.05) is 212 Å². The van der Waals surface area contributed by atoms with E-state index < -0.39 is 0 Å². The Kier molecular flexibility index (Phi) is 13.7. The molecule has 0 spiro atoms. The predicted octanol–water partition coefficient (Wildman–Crippen LogP) is 25.2. The molecule has 0 bridgehead atoms. The highest BCUT2D eigenvalue weighted by Crippen LogP contribution is 2.41. The lowest BCUT2D eigenvalue weighted by Crippen LogP contribution is -2.01. The number of aromatic nitrogens is 8. The Bertz CT molecular complexity index is 7250. The van der Waals surface area contributed by atoms with Crippen molar-refractivity contribution in [2.45, 2.75) is 0 Å². The predicted molar refractivity (Wildman–Crippen MR) is 435 cm³/mol. The van der Waals surface area contributed by atoms with Crippen molar-refractivity contribution >= 4 is 131 Å². The molecule has 504 valence electrons. The van der Waals surface area contributed by atoms with E-state index in [1.165, 1.54) is 32.6 Å². The van der Waals surface area contributed by atoms with Crippen molar-refractivity contribution in [2.24, 2.45) is 0 Å². The summed E-state index contributed by atoms with van der Waals surface area (Å²) in [5, 5.41) is 13.4. The van der Waals surface area contributed by atoms with Gasteiger partial charge in [-0.25, -0.2) is 29.9 Å². The van der Waals surface area contributed by atoms with E-state index in [0.29, 0.717) is 34.9 Å². The Hall–Kier alpha value is -14.9. The van der Waals surface area contributed by atoms with E-state index in [9.17, 15) is 0 Å². The number of nitrogens with zero attached hydrogens (tertiary/aromatic N) is 8. The van der Waals surface area contributed by atoms with Gasteiger partial charge in [0.25, 0.3) is 0 Å². The molecule has 0 aliphatic heterocycles. The Morgan fingerprint density at radius 1 is 0.157 bits per heavy atom. The van der Waals surface area contributed by atoms with E-state index in [1.54, 1.807) is 0 Å². The van der Waals surface area contributed by atoms with Crippen molar-refractivity contribution in [1.29, 1.82) is 0 Å². The highest BCUT2D eigenvalue weighted by atomic mass is 16.3. The zero-order valence-corrected chi connectivity index (χ0v) is 57.5. The standard InChI is InChI=1S/C51H30N4O2.C45H26N4O2/c1-5-19-43-37(15-1)38-16-2-6-20-44(38)55(43)36-14-10-12-32(28-36)31-11-9-13-33(27-31)49-52-50(34-23-25-41-39-17-3-7-21-45(39)56-47(41)29-34)54-51(53-49)35-24-26-42-40-18-4-8-22-46(40)57-48(42)30-35;1-5-16-37-31(12-1)32-13-2-6-17-38(32)49(37)30-11-9-10-27(24-30)43-46-44(28-20-22-35-33-14-3-7-18-39(33)50-41(35)25-28)48-45(47-43)29-21-23-36-34-15-4-8-19-40(34)51-42(36)26-29/h1-30H;1-26H. The molecule has 0 atom stereocenters. The summed E-state index contributed by atoms with van der Waals surface area (Å²) < 4.78 is 29.7. The molecule has 0 saturated heterocycles. The summed E-state index contributed by atoms with van der Waals surface area (Å²) in [4.78, 5) is 30.6. The Balaban J connectivity index is 0.000000135. The molecule has 0 fully saturated rings. The minimum Gasteiger partial charge on any atom is -0.456 e. The van der Waals surface area contributed by atoms with Crippen molar-refractivity contribution in [3.63, 3.8) is 0 Å². The molecule has 0 saturated carbocycles. The maximum absolute atomic E-state index is 6.28. The second-order valence-corrected chi connectivity index (χ2v) is 27.3. The van der Waals surface area contributed by atoms with Crippen LogP contribution in [-0.4, -0.2) is 39.0 Å². The molecule has 0 N–H and O–H groups in total. The second-order valence-electron chi connectivity index (χ2n) is 27.3. The zero-order valence-electron chi connectivity index (χ0n) is 57.5. The van der Waals surface area contributed by atoms with Crippen LogP contribution in [0.1, 0.15) is 0 Å². The van der Waals surface area contributed by atoms with Crippen LogP contribution < -0.4 is 0 Å². The molecule has 8 heterocycles. The number of hydrogen-bond acceptors (Lipinski definition) is 10. The van der Waals surface area contributed by atoms with Crippen molar-refractivity contribution in [1.82, 2.24) is 39.0 Å². The first-order valence-electron chi connectivity index (χ1n) is 35.9. The monoisotopic (exact) mass is 1380 g/mol. The SMILES string of the molecule is c1cc(-c2cccc(-n3c4ccccc4c4ccccc43)c2)cc(-c2nc(-c3ccc4c(c3)oc3ccccc34)nc(-c3ccc4c(c3)oc3ccccc34)n2)c1.c1cc(-c2nc(-c3ccc4c(c3)oc3ccccc34)nc(-c3ccc4c(c3)oc3ccccc34)n2)cc(-n2c3ccccc3c3ccccc32)c1. The third kappa shape index (κ3) is 10.1. The van der Waals surface area contributed by atoms with Crippen LogP contribution in [0.4, 0.5) is 0 Å². The average Bonchev–Trinajstić information content (AvgIpc) is 1.61. The fourth-order valence-electron chi connectivity index (χ4n) is 15.8. The van der Waals surface area contributed by atoms with Gasteiger partial charge in [-0.05, 0) is 139 Å². The normalized spacial score (nSPS) is 11.9. The van der Waals surface area contributed by atoms with Gasteiger partial charge in [-0.15, -0.1) is 0 Å². The molecule has 8 aromatic heterocycles. The van der Waals surface area contributed by atoms with Crippen molar-refractivity contribution in [3.8, 4) is 90.8 Å². The number of fused-ring (bicyclic) bond motifs is 18. The smallest absolute Gasteiger partial charge is 0.164 e. The Labute approximate surface area is 615 Å². The van der Waals surface area contributed by atoms with E-state index in [4.69, 9.17) is 47.6 Å². The van der Waals surface area contributed by atoms with E-state index in [0.717, 1.165) is 155 Å². The quantitative estimate of drug-likeness (QED) is 0.137. The molecule has 23 aromatic rings. The molecule has 12 nitrogen and oxygen atoms in total. The lowest BCUT2D eigenvalue weighted by Gasteiger charge is -2.12. The van der Waals surface area contributed by atoms with Gasteiger partial charge in [0.15, 0.2) is 34.9 Å². The minimum atomic E-state index is 0.556. The van der Waals surface area contributed by atoms with E-state index in [1.807, 2.05) is 97.1 Å². The molecule has 108 heavy (non-hydrogen) atoms. The molecule has 23 rings (SSSR count). The van der Waals surface area contributed by atoms with Gasteiger partial charge in [-0.3, -0.25) is 0 Å². The Morgan fingerprint density at radius 3 is 0.694 bits per heavy atom. The molecular weight excluding hydrogens is 1330 g/mol. The highest BCUT2D eigenvalue weighted by molar-refractivity contribution is 6.12. The summed E-state index contributed by atoms with van der Waals surface area (Å²) in [5.74, 6) is 3.38. The fraction of sp³-hybridized carbons (Fsp3) is 0. The maximum atomic E-state index is 6.28. The van der Waals surface area contributed by atoms with Gasteiger partial charge < -0.3 is 26.8 Å². The van der Waals surface area contributed by atoms with Gasteiger partial charge >= 0.3 is 0 Å². The molecule has 0 amide bonds. The van der Waals surface area contributed by atoms with E-state index >= 15 is 0 Å². The fourth-order valence-corrected chi connectivity index (χ4v) is 15.8. The third-order valence-corrected chi connectivity index (χ3v) is 20.9. The van der Waals surface area contributed by atoms with E-state index in [2.05, 4.69) is 252 Å². The largest absolute Gasteiger partial charge is 0.456 e. The second kappa shape index (κ2) is 24.4. The first-order valence-corrected chi connectivity index (χ1v) is 35.9. The Morgan fingerprint density at radius 2 is 0.380 bits per heavy atom. The third-order valence-electron chi connectivity index (χ3n) is 20.9.